The number of halogens is 1. The van der Waals surface area contributed by atoms with Crippen LogP contribution in [0.1, 0.15) is 37.9 Å². The fraction of sp³-hybridized carbons (Fsp3) is 0.273. The molecule has 0 amide bonds. The van der Waals surface area contributed by atoms with Gasteiger partial charge in [-0.05, 0) is 46.9 Å². The summed E-state index contributed by atoms with van der Waals surface area (Å²) in [5.74, 6) is -1.61. The minimum Gasteiger partial charge on any atom is -0.508 e. The Hall–Kier alpha value is -2.95. The highest BCUT2D eigenvalue weighted by Gasteiger charge is 2.22. The molecule has 27 heavy (non-hydrogen) atoms. The monoisotopic (exact) mass is 367 g/mol. The van der Waals surface area contributed by atoms with Crippen LogP contribution in [0.15, 0.2) is 42.5 Å². The summed E-state index contributed by atoms with van der Waals surface area (Å²) in [5, 5.41) is 20.1. The largest absolute Gasteiger partial charge is 0.508 e. The van der Waals surface area contributed by atoms with Gasteiger partial charge in [0.1, 0.15) is 11.6 Å². The van der Waals surface area contributed by atoms with Crippen molar-refractivity contribution >= 4 is 16.9 Å². The van der Waals surface area contributed by atoms with Gasteiger partial charge >= 0.3 is 5.97 Å². The van der Waals surface area contributed by atoms with E-state index in [1.54, 1.807) is 37.3 Å². The number of carbonyl (C=O) groups is 1. The Labute approximate surface area is 157 Å². The summed E-state index contributed by atoms with van der Waals surface area (Å²) < 4.78 is 13.5. The standard InChI is InChI=1S/C22H22FNO3/c1-12(2)20-19(10-13(3)22(26)27)24-18-11-16(25)8-9-17(18)21(20)14-4-6-15(23)7-5-14/h4-9,11-13,25H,10H2,1-3H3,(H,26,27)/t13-/m0/s1. The number of aromatic nitrogens is 1. The number of phenolic OH excluding ortho intramolecular Hbond substituents is 1. The molecule has 0 radical (unpaired) electrons. The van der Waals surface area contributed by atoms with Crippen LogP contribution in [-0.4, -0.2) is 21.2 Å². The summed E-state index contributed by atoms with van der Waals surface area (Å²) in [6.07, 6.45) is 0.280. The van der Waals surface area contributed by atoms with Crippen molar-refractivity contribution < 1.29 is 19.4 Å². The molecule has 5 heteroatoms. The first-order chi connectivity index (χ1) is 12.8. The number of rotatable bonds is 5. The highest BCUT2D eigenvalue weighted by Crippen LogP contribution is 2.38. The van der Waals surface area contributed by atoms with Gasteiger partial charge in [0.25, 0.3) is 0 Å². The van der Waals surface area contributed by atoms with Gasteiger partial charge in [-0.15, -0.1) is 0 Å². The van der Waals surface area contributed by atoms with E-state index in [1.165, 1.54) is 12.1 Å². The number of fused-ring (bicyclic) bond motifs is 1. The number of phenols is 1. The highest BCUT2D eigenvalue weighted by molar-refractivity contribution is 5.97. The lowest BCUT2D eigenvalue weighted by Crippen LogP contribution is -2.15. The van der Waals surface area contributed by atoms with E-state index in [9.17, 15) is 19.4 Å². The molecular weight excluding hydrogens is 345 g/mol. The predicted molar refractivity (Wildman–Crippen MR) is 103 cm³/mol. The van der Waals surface area contributed by atoms with Gasteiger partial charge in [-0.25, -0.2) is 4.39 Å². The molecule has 0 aliphatic rings. The summed E-state index contributed by atoms with van der Waals surface area (Å²) in [6, 6.07) is 11.2. The summed E-state index contributed by atoms with van der Waals surface area (Å²) in [7, 11) is 0. The van der Waals surface area contributed by atoms with Crippen molar-refractivity contribution in [2.75, 3.05) is 0 Å². The number of hydrogen-bond donors (Lipinski definition) is 2. The molecule has 0 saturated heterocycles. The maximum atomic E-state index is 13.5. The maximum absolute atomic E-state index is 13.5. The molecule has 2 aromatic carbocycles. The van der Waals surface area contributed by atoms with E-state index in [1.807, 2.05) is 13.8 Å². The van der Waals surface area contributed by atoms with Crippen molar-refractivity contribution in [2.45, 2.75) is 33.1 Å². The Balaban J connectivity index is 2.36. The molecule has 2 N–H and O–H groups in total. The fourth-order valence-electron chi connectivity index (χ4n) is 3.40. The number of nitrogens with zero attached hydrogens (tertiary/aromatic N) is 1. The van der Waals surface area contributed by atoms with Crippen LogP contribution in [0, 0.1) is 11.7 Å². The second-order valence-corrected chi connectivity index (χ2v) is 7.15. The molecule has 1 aromatic heterocycles. The smallest absolute Gasteiger partial charge is 0.306 e. The van der Waals surface area contributed by atoms with Gasteiger partial charge in [-0.2, -0.15) is 0 Å². The molecule has 0 aliphatic heterocycles. The van der Waals surface area contributed by atoms with Crippen LogP contribution < -0.4 is 0 Å². The van der Waals surface area contributed by atoms with E-state index in [-0.39, 0.29) is 23.9 Å². The van der Waals surface area contributed by atoms with Crippen LogP contribution in [0.3, 0.4) is 0 Å². The molecule has 0 fully saturated rings. The summed E-state index contributed by atoms with van der Waals surface area (Å²) in [5.41, 5.74) is 3.97. The van der Waals surface area contributed by atoms with Crippen LogP contribution in [-0.2, 0) is 11.2 Å². The summed E-state index contributed by atoms with van der Waals surface area (Å²) in [4.78, 5) is 16.1. The van der Waals surface area contributed by atoms with Gasteiger partial charge in [0.2, 0.25) is 0 Å². The quantitative estimate of drug-likeness (QED) is 0.656. The van der Waals surface area contributed by atoms with Crippen LogP contribution in [0.25, 0.3) is 22.0 Å². The van der Waals surface area contributed by atoms with Gasteiger partial charge in [-0.1, -0.05) is 32.9 Å². The fourth-order valence-corrected chi connectivity index (χ4v) is 3.40. The molecule has 0 bridgehead atoms. The number of carboxylic acid groups (broad SMARTS) is 1. The molecular formula is C22H22FNO3. The first-order valence-corrected chi connectivity index (χ1v) is 8.92. The van der Waals surface area contributed by atoms with Gasteiger partial charge in [0, 0.05) is 23.6 Å². The van der Waals surface area contributed by atoms with Crippen LogP contribution in [0.4, 0.5) is 4.39 Å². The first kappa shape index (κ1) is 18.8. The van der Waals surface area contributed by atoms with E-state index in [4.69, 9.17) is 0 Å². The lowest BCUT2D eigenvalue weighted by molar-refractivity contribution is -0.141. The van der Waals surface area contributed by atoms with Crippen molar-refractivity contribution in [1.29, 1.82) is 0 Å². The average molecular weight is 367 g/mol. The minimum atomic E-state index is -0.883. The highest BCUT2D eigenvalue weighted by atomic mass is 19.1. The SMILES string of the molecule is CC(C)c1c(C[C@H](C)C(=O)O)nc2cc(O)ccc2c1-c1ccc(F)cc1. The summed E-state index contributed by atoms with van der Waals surface area (Å²) in [6.45, 7) is 5.72. The predicted octanol–water partition coefficient (Wildman–Crippen LogP) is 5.13. The number of benzene rings is 2. The lowest BCUT2D eigenvalue weighted by atomic mass is 9.86. The van der Waals surface area contributed by atoms with Gasteiger partial charge < -0.3 is 10.2 Å². The molecule has 0 unspecified atom stereocenters. The zero-order chi connectivity index (χ0) is 19.7. The second-order valence-electron chi connectivity index (χ2n) is 7.15. The third-order valence-electron chi connectivity index (χ3n) is 4.72. The number of pyridine rings is 1. The van der Waals surface area contributed by atoms with Crippen LogP contribution in [0.5, 0.6) is 5.75 Å². The number of aromatic hydroxyl groups is 1. The van der Waals surface area contributed by atoms with E-state index in [0.717, 1.165) is 22.1 Å². The number of hydrogen-bond acceptors (Lipinski definition) is 3. The average Bonchev–Trinajstić information content (AvgIpc) is 2.60. The zero-order valence-electron chi connectivity index (χ0n) is 15.5. The van der Waals surface area contributed by atoms with E-state index in [0.29, 0.717) is 11.2 Å². The second kappa shape index (κ2) is 7.35. The van der Waals surface area contributed by atoms with E-state index >= 15 is 0 Å². The van der Waals surface area contributed by atoms with Crippen molar-refractivity contribution in [1.82, 2.24) is 4.98 Å². The molecule has 1 atom stereocenters. The van der Waals surface area contributed by atoms with Gasteiger partial charge in [0.05, 0.1) is 11.4 Å². The van der Waals surface area contributed by atoms with Crippen molar-refractivity contribution in [3.05, 3.63) is 59.5 Å². The third-order valence-corrected chi connectivity index (χ3v) is 4.72. The van der Waals surface area contributed by atoms with Crippen molar-refractivity contribution in [2.24, 2.45) is 5.92 Å². The normalized spacial score (nSPS) is 12.5. The molecule has 0 spiro atoms. The Morgan fingerprint density at radius 2 is 1.78 bits per heavy atom. The molecule has 1 heterocycles. The molecule has 4 nitrogen and oxygen atoms in total. The number of aliphatic carboxylic acids is 1. The lowest BCUT2D eigenvalue weighted by Gasteiger charge is -2.21. The molecule has 0 saturated carbocycles. The maximum Gasteiger partial charge on any atom is 0.306 e. The Kier molecular flexibility index (Phi) is 5.13. The van der Waals surface area contributed by atoms with Crippen molar-refractivity contribution in [3.63, 3.8) is 0 Å². The molecule has 3 aromatic rings. The zero-order valence-corrected chi connectivity index (χ0v) is 15.5. The van der Waals surface area contributed by atoms with E-state index in [2.05, 4.69) is 4.98 Å². The topological polar surface area (TPSA) is 70.4 Å². The van der Waals surface area contributed by atoms with Crippen LogP contribution in [0.2, 0.25) is 0 Å². The minimum absolute atomic E-state index is 0.0896. The first-order valence-electron chi connectivity index (χ1n) is 8.92. The number of carboxylic acids is 1. The molecule has 3 rings (SSSR count). The van der Waals surface area contributed by atoms with Gasteiger partial charge in [0.15, 0.2) is 0 Å². The Morgan fingerprint density at radius 3 is 2.37 bits per heavy atom. The van der Waals surface area contributed by atoms with E-state index < -0.39 is 11.9 Å². The molecule has 140 valence electrons. The van der Waals surface area contributed by atoms with Crippen molar-refractivity contribution in [3.8, 4) is 16.9 Å². The molecule has 0 aliphatic carbocycles. The van der Waals surface area contributed by atoms with Crippen LogP contribution >= 0.6 is 0 Å². The summed E-state index contributed by atoms with van der Waals surface area (Å²) >= 11 is 0. The van der Waals surface area contributed by atoms with Gasteiger partial charge in [-0.3, -0.25) is 9.78 Å². The Bertz CT molecular complexity index is 997. The Morgan fingerprint density at radius 1 is 1.11 bits per heavy atom. The third kappa shape index (κ3) is 3.77.